The molecule has 0 bridgehead atoms. The van der Waals surface area contributed by atoms with Crippen LogP contribution in [0.15, 0.2) is 36.1 Å². The van der Waals surface area contributed by atoms with Gasteiger partial charge in [0, 0.05) is 19.2 Å². The van der Waals surface area contributed by atoms with Crippen LogP contribution in [0, 0.1) is 10.1 Å². The Morgan fingerprint density at radius 1 is 1.52 bits per heavy atom. The monoisotopic (exact) mass is 311 g/mol. The second-order valence-electron chi connectivity index (χ2n) is 4.06. The van der Waals surface area contributed by atoms with Gasteiger partial charge in [0.25, 0.3) is 0 Å². The molecule has 112 valence electrons. The minimum atomic E-state index is -0.554. The molecule has 0 unspecified atom stereocenters. The van der Waals surface area contributed by atoms with Gasteiger partial charge in [-0.05, 0) is 24.6 Å². The first-order chi connectivity index (χ1) is 9.90. The molecular weight excluding hydrogens is 298 g/mol. The molecule has 21 heavy (non-hydrogen) atoms. The minimum Gasteiger partial charge on any atom is -0.461 e. The lowest BCUT2D eigenvalue weighted by atomic mass is 10.3. The highest BCUT2D eigenvalue weighted by molar-refractivity contribution is 6.29. The average molecular weight is 312 g/mol. The smallest absolute Gasteiger partial charge is 0.311 e. The van der Waals surface area contributed by atoms with Crippen molar-refractivity contribution in [3.05, 3.63) is 51.3 Å². The van der Waals surface area contributed by atoms with Crippen LogP contribution in [0.3, 0.4) is 0 Å². The summed E-state index contributed by atoms with van der Waals surface area (Å²) in [7, 11) is 0. The number of rotatable bonds is 6. The third kappa shape index (κ3) is 6.05. The van der Waals surface area contributed by atoms with Gasteiger partial charge in [-0.1, -0.05) is 17.7 Å². The number of hydrogen-bond donors (Lipinski definition) is 1. The maximum absolute atomic E-state index is 10.8. The maximum Gasteiger partial charge on any atom is 0.311 e. The fraction of sp³-hybridized carbons (Fsp3) is 0.231. The summed E-state index contributed by atoms with van der Waals surface area (Å²) in [5.74, 6) is -0.307. The molecule has 0 atom stereocenters. The zero-order valence-electron chi connectivity index (χ0n) is 11.5. The molecule has 0 saturated carbocycles. The minimum absolute atomic E-state index is 0.0507. The van der Waals surface area contributed by atoms with Gasteiger partial charge in [-0.3, -0.25) is 14.9 Å². The van der Waals surface area contributed by atoms with Crippen molar-refractivity contribution in [1.82, 2.24) is 4.98 Å². The molecule has 1 N–H and O–H groups in total. The number of carbonyl (C=O) groups excluding carboxylic acids is 1. The van der Waals surface area contributed by atoms with Crippen LogP contribution >= 0.6 is 11.6 Å². The van der Waals surface area contributed by atoms with Crippen molar-refractivity contribution in [3.63, 3.8) is 0 Å². The van der Waals surface area contributed by atoms with E-state index in [-0.39, 0.29) is 29.2 Å². The van der Waals surface area contributed by atoms with Crippen LogP contribution in [0.4, 0.5) is 11.5 Å². The summed E-state index contributed by atoms with van der Waals surface area (Å²) in [6, 6.07) is 2.62. The highest BCUT2D eigenvalue weighted by atomic mass is 35.5. The number of halogens is 1. The van der Waals surface area contributed by atoms with Crippen LogP contribution in [0.5, 0.6) is 0 Å². The molecule has 0 saturated heterocycles. The molecule has 0 radical (unpaired) electrons. The van der Waals surface area contributed by atoms with Crippen LogP contribution in [0.1, 0.15) is 13.8 Å². The standard InChI is InChI=1S/C13H14ClN3O4/c1-9(8-21-10(2)18)4-3-7-15-13-11(17(19)20)5-6-12(14)16-13/h3-7H,8H2,1-2H3,(H,15,16)/b7-3+,9-4+. The average Bonchev–Trinajstić information content (AvgIpc) is 2.41. The molecule has 0 aliphatic heterocycles. The molecule has 0 aliphatic rings. The molecule has 1 heterocycles. The zero-order valence-corrected chi connectivity index (χ0v) is 12.3. The Kier molecular flexibility index (Phi) is 6.35. The lowest BCUT2D eigenvalue weighted by Crippen LogP contribution is -2.01. The summed E-state index contributed by atoms with van der Waals surface area (Å²) >= 11 is 5.70. The van der Waals surface area contributed by atoms with E-state index in [0.29, 0.717) is 0 Å². The topological polar surface area (TPSA) is 94.4 Å². The molecule has 8 heteroatoms. The Balaban J connectivity index is 2.68. The third-order valence-corrected chi connectivity index (χ3v) is 2.45. The first-order valence-electron chi connectivity index (χ1n) is 5.93. The molecule has 7 nitrogen and oxygen atoms in total. The van der Waals surface area contributed by atoms with Gasteiger partial charge in [0.05, 0.1) is 4.92 Å². The van der Waals surface area contributed by atoms with Crippen LogP contribution in [0.2, 0.25) is 5.15 Å². The summed E-state index contributed by atoms with van der Waals surface area (Å²) in [5, 5.41) is 13.7. The van der Waals surface area contributed by atoms with Crippen molar-refractivity contribution in [1.29, 1.82) is 0 Å². The summed E-state index contributed by atoms with van der Waals surface area (Å²) in [5.41, 5.74) is 0.640. The number of esters is 1. The molecule has 1 aromatic heterocycles. The molecule has 1 rings (SSSR count). The summed E-state index contributed by atoms with van der Waals surface area (Å²) in [6.45, 7) is 3.30. The van der Waals surface area contributed by atoms with E-state index in [0.717, 1.165) is 5.57 Å². The number of ether oxygens (including phenoxy) is 1. The predicted molar refractivity (Wildman–Crippen MR) is 79.1 cm³/mol. The Morgan fingerprint density at radius 2 is 2.24 bits per heavy atom. The van der Waals surface area contributed by atoms with E-state index in [1.54, 1.807) is 19.1 Å². The van der Waals surface area contributed by atoms with Crippen molar-refractivity contribution in [2.45, 2.75) is 13.8 Å². The van der Waals surface area contributed by atoms with Crippen LogP contribution < -0.4 is 5.32 Å². The Hall–Kier alpha value is -2.41. The second-order valence-corrected chi connectivity index (χ2v) is 4.44. The van der Waals surface area contributed by atoms with Gasteiger partial charge in [-0.15, -0.1) is 0 Å². The lowest BCUT2D eigenvalue weighted by molar-refractivity contribution is -0.384. The zero-order chi connectivity index (χ0) is 15.8. The quantitative estimate of drug-likeness (QED) is 0.285. The van der Waals surface area contributed by atoms with Crippen molar-refractivity contribution < 1.29 is 14.5 Å². The number of allylic oxidation sites excluding steroid dienone is 2. The Morgan fingerprint density at radius 3 is 2.86 bits per heavy atom. The number of aromatic nitrogens is 1. The van der Waals surface area contributed by atoms with E-state index in [4.69, 9.17) is 16.3 Å². The number of nitrogens with one attached hydrogen (secondary N) is 1. The van der Waals surface area contributed by atoms with Gasteiger partial charge in [0.15, 0.2) is 0 Å². The van der Waals surface area contributed by atoms with Gasteiger partial charge in [-0.2, -0.15) is 0 Å². The number of nitrogens with zero attached hydrogens (tertiary/aromatic N) is 2. The number of hydrogen-bond acceptors (Lipinski definition) is 6. The first kappa shape index (κ1) is 16.6. The number of carbonyl (C=O) groups is 1. The highest BCUT2D eigenvalue weighted by Gasteiger charge is 2.14. The number of nitro groups is 1. The van der Waals surface area contributed by atoms with Crippen LogP contribution in [0.25, 0.3) is 0 Å². The molecule has 0 aromatic carbocycles. The van der Waals surface area contributed by atoms with E-state index >= 15 is 0 Å². The van der Waals surface area contributed by atoms with Crippen LogP contribution in [-0.2, 0) is 9.53 Å². The first-order valence-corrected chi connectivity index (χ1v) is 6.31. The van der Waals surface area contributed by atoms with Crippen molar-refractivity contribution in [3.8, 4) is 0 Å². The lowest BCUT2D eigenvalue weighted by Gasteiger charge is -2.02. The second kappa shape index (κ2) is 8.01. The molecule has 0 fully saturated rings. The van der Waals surface area contributed by atoms with E-state index in [2.05, 4.69) is 10.3 Å². The largest absolute Gasteiger partial charge is 0.461 e. The van der Waals surface area contributed by atoms with Crippen molar-refractivity contribution in [2.75, 3.05) is 11.9 Å². The SMILES string of the molecule is CC(=O)OC/C(C)=C/C=C/Nc1nc(Cl)ccc1[N+](=O)[O-]. The third-order valence-electron chi connectivity index (χ3n) is 2.24. The Bertz CT molecular complexity index is 599. The fourth-order valence-corrected chi connectivity index (χ4v) is 1.43. The van der Waals surface area contributed by atoms with Crippen molar-refractivity contribution in [2.24, 2.45) is 0 Å². The van der Waals surface area contributed by atoms with Gasteiger partial charge < -0.3 is 10.1 Å². The number of anilines is 1. The predicted octanol–water partition coefficient (Wildman–Crippen LogP) is 3.08. The van der Waals surface area contributed by atoms with Gasteiger partial charge >= 0.3 is 11.7 Å². The van der Waals surface area contributed by atoms with E-state index in [1.807, 2.05) is 0 Å². The number of pyridine rings is 1. The van der Waals surface area contributed by atoms with E-state index in [1.165, 1.54) is 25.3 Å². The Labute approximate surface area is 126 Å². The highest BCUT2D eigenvalue weighted by Crippen LogP contribution is 2.23. The molecule has 1 aromatic rings. The van der Waals surface area contributed by atoms with Crippen molar-refractivity contribution >= 4 is 29.1 Å². The fourth-order valence-electron chi connectivity index (χ4n) is 1.28. The van der Waals surface area contributed by atoms with E-state index < -0.39 is 4.92 Å². The molecular formula is C13H14ClN3O4. The van der Waals surface area contributed by atoms with Gasteiger partial charge in [-0.25, -0.2) is 4.98 Å². The molecule has 0 spiro atoms. The summed E-state index contributed by atoms with van der Waals surface area (Å²) < 4.78 is 4.80. The van der Waals surface area contributed by atoms with Crippen LogP contribution in [-0.4, -0.2) is 22.5 Å². The summed E-state index contributed by atoms with van der Waals surface area (Å²) in [6.07, 6.45) is 4.79. The normalized spacial score (nSPS) is 11.5. The molecule has 0 amide bonds. The van der Waals surface area contributed by atoms with Gasteiger partial charge in [0.1, 0.15) is 11.8 Å². The molecule has 0 aliphatic carbocycles. The maximum atomic E-state index is 10.8. The van der Waals surface area contributed by atoms with Gasteiger partial charge in [0.2, 0.25) is 5.82 Å². The van der Waals surface area contributed by atoms with E-state index in [9.17, 15) is 14.9 Å². The summed E-state index contributed by atoms with van der Waals surface area (Å²) in [4.78, 5) is 24.7.